The Kier molecular flexibility index (Phi) is 5.95. The molecule has 1 fully saturated rings. The highest BCUT2D eigenvalue weighted by Crippen LogP contribution is 2.32. The minimum Gasteiger partial charge on any atom is -0.463 e. The quantitative estimate of drug-likeness (QED) is 0.761. The molecule has 2 aromatic heterocycles. The Morgan fingerprint density at radius 1 is 1.36 bits per heavy atom. The van der Waals surface area contributed by atoms with Crippen LogP contribution in [0.1, 0.15) is 29.4 Å². The highest BCUT2D eigenvalue weighted by Gasteiger charge is 2.22. The van der Waals surface area contributed by atoms with Gasteiger partial charge in [0.25, 0.3) is 0 Å². The van der Waals surface area contributed by atoms with E-state index in [1.807, 2.05) is 11.8 Å². The molecule has 2 aromatic rings. The first-order valence-corrected chi connectivity index (χ1v) is 9.17. The summed E-state index contributed by atoms with van der Waals surface area (Å²) >= 11 is 1.20. The van der Waals surface area contributed by atoms with Crippen molar-refractivity contribution in [1.29, 1.82) is 0 Å². The van der Waals surface area contributed by atoms with Crippen molar-refractivity contribution in [1.82, 2.24) is 9.88 Å². The van der Waals surface area contributed by atoms with Crippen molar-refractivity contribution in [2.45, 2.75) is 19.8 Å². The Labute approximate surface area is 150 Å². The van der Waals surface area contributed by atoms with E-state index in [1.54, 1.807) is 18.4 Å². The van der Waals surface area contributed by atoms with Gasteiger partial charge in [0.05, 0.1) is 26.0 Å². The lowest BCUT2D eigenvalue weighted by Crippen LogP contribution is -2.41. The van der Waals surface area contributed by atoms with E-state index in [4.69, 9.17) is 9.15 Å². The largest absolute Gasteiger partial charge is 0.463 e. The number of aromatic nitrogens is 1. The number of Topliss-reactive ketones (excluding diaryl/α,β-unsaturated/α-hetero) is 1. The molecular weight excluding hydrogens is 342 g/mol. The summed E-state index contributed by atoms with van der Waals surface area (Å²) in [5.41, 5.74) is 0.495. The van der Waals surface area contributed by atoms with Crippen LogP contribution >= 0.6 is 11.3 Å². The van der Waals surface area contributed by atoms with Crippen molar-refractivity contribution in [3.63, 3.8) is 0 Å². The fourth-order valence-electron chi connectivity index (χ4n) is 2.60. The van der Waals surface area contributed by atoms with E-state index in [1.165, 1.54) is 11.3 Å². The number of morpholine rings is 1. The number of ether oxygens (including phenoxy) is 1. The predicted molar refractivity (Wildman–Crippen MR) is 94.9 cm³/mol. The topological polar surface area (TPSA) is 84.7 Å². The fraction of sp³-hybridized carbons (Fsp3) is 0.471. The van der Waals surface area contributed by atoms with E-state index in [-0.39, 0.29) is 18.2 Å². The van der Waals surface area contributed by atoms with Crippen LogP contribution in [0.25, 0.3) is 11.5 Å². The van der Waals surface area contributed by atoms with Gasteiger partial charge in [-0.1, -0.05) is 18.3 Å². The van der Waals surface area contributed by atoms with Crippen molar-refractivity contribution in [2.75, 3.05) is 38.2 Å². The number of ketones is 1. The zero-order chi connectivity index (χ0) is 17.6. The lowest BCUT2D eigenvalue weighted by atomic mass is 10.1. The van der Waals surface area contributed by atoms with Crippen molar-refractivity contribution in [2.24, 2.45) is 0 Å². The zero-order valence-electron chi connectivity index (χ0n) is 14.1. The molecule has 1 amide bonds. The molecule has 1 saturated heterocycles. The Balaban J connectivity index is 1.73. The molecule has 7 nitrogen and oxygen atoms in total. The van der Waals surface area contributed by atoms with Crippen LogP contribution in [0.15, 0.2) is 22.8 Å². The standard InChI is InChI=1S/C17H21N3O4S/c1-2-4-12(21)16-15(13-5-3-8-24-13)19-17(25-16)18-14(22)11-20-6-9-23-10-7-20/h3,5,8H,2,4,6-7,9-11H2,1H3,(H,18,19,22). The van der Waals surface area contributed by atoms with Crippen molar-refractivity contribution in [3.8, 4) is 11.5 Å². The van der Waals surface area contributed by atoms with Gasteiger partial charge >= 0.3 is 0 Å². The summed E-state index contributed by atoms with van der Waals surface area (Å²) in [5, 5.41) is 3.22. The summed E-state index contributed by atoms with van der Waals surface area (Å²) in [7, 11) is 0. The number of hydrogen-bond donors (Lipinski definition) is 1. The van der Waals surface area contributed by atoms with Crippen molar-refractivity contribution < 1.29 is 18.7 Å². The number of furan rings is 1. The highest BCUT2D eigenvalue weighted by molar-refractivity contribution is 7.18. The van der Waals surface area contributed by atoms with Gasteiger partial charge in [-0.25, -0.2) is 4.98 Å². The molecule has 0 bridgehead atoms. The van der Waals surface area contributed by atoms with Gasteiger partial charge in [0.2, 0.25) is 5.91 Å². The predicted octanol–water partition coefficient (Wildman–Crippen LogP) is 2.66. The number of carbonyl (C=O) groups excluding carboxylic acids is 2. The lowest BCUT2D eigenvalue weighted by Gasteiger charge is -2.25. The Morgan fingerprint density at radius 2 is 2.16 bits per heavy atom. The maximum Gasteiger partial charge on any atom is 0.240 e. The van der Waals surface area contributed by atoms with Crippen LogP contribution in [-0.4, -0.2) is 54.4 Å². The molecule has 0 unspecified atom stereocenters. The molecule has 0 spiro atoms. The van der Waals surface area contributed by atoms with Crippen LogP contribution in [-0.2, 0) is 9.53 Å². The molecule has 3 heterocycles. The average molecular weight is 363 g/mol. The van der Waals surface area contributed by atoms with Gasteiger partial charge in [0, 0.05) is 19.5 Å². The van der Waals surface area contributed by atoms with Gasteiger partial charge in [0.15, 0.2) is 16.7 Å². The van der Waals surface area contributed by atoms with E-state index >= 15 is 0 Å². The molecule has 1 aliphatic heterocycles. The number of nitrogens with one attached hydrogen (secondary N) is 1. The second-order valence-electron chi connectivity index (χ2n) is 5.78. The van der Waals surface area contributed by atoms with Gasteiger partial charge in [-0.2, -0.15) is 0 Å². The minimum atomic E-state index is -0.142. The van der Waals surface area contributed by atoms with Gasteiger partial charge in [0.1, 0.15) is 10.6 Å². The molecule has 25 heavy (non-hydrogen) atoms. The monoisotopic (exact) mass is 363 g/mol. The second kappa shape index (κ2) is 8.37. The molecular formula is C17H21N3O4S. The van der Waals surface area contributed by atoms with Crippen LogP contribution < -0.4 is 5.32 Å². The third-order valence-electron chi connectivity index (χ3n) is 3.83. The second-order valence-corrected chi connectivity index (χ2v) is 6.78. The zero-order valence-corrected chi connectivity index (χ0v) is 14.9. The Hall–Kier alpha value is -2.03. The molecule has 3 rings (SSSR count). The Bertz CT molecular complexity index is 720. The molecule has 1 aliphatic rings. The van der Waals surface area contributed by atoms with E-state index in [2.05, 4.69) is 10.3 Å². The SMILES string of the molecule is CCCC(=O)c1sc(NC(=O)CN2CCOCC2)nc1-c1ccco1. The summed E-state index contributed by atoms with van der Waals surface area (Å²) in [5.74, 6) is 0.403. The molecule has 0 radical (unpaired) electrons. The number of hydrogen-bond acceptors (Lipinski definition) is 7. The first-order valence-electron chi connectivity index (χ1n) is 8.35. The van der Waals surface area contributed by atoms with Gasteiger partial charge in [-0.3, -0.25) is 14.5 Å². The highest BCUT2D eigenvalue weighted by atomic mass is 32.1. The summed E-state index contributed by atoms with van der Waals surface area (Å²) in [6, 6.07) is 3.51. The van der Waals surface area contributed by atoms with Crippen LogP contribution in [0.5, 0.6) is 0 Å². The summed E-state index contributed by atoms with van der Waals surface area (Å²) < 4.78 is 10.7. The van der Waals surface area contributed by atoms with Gasteiger partial charge < -0.3 is 14.5 Å². The number of carbonyl (C=O) groups is 2. The van der Waals surface area contributed by atoms with Gasteiger partial charge in [-0.05, 0) is 18.6 Å². The summed E-state index contributed by atoms with van der Waals surface area (Å²) in [4.78, 5) is 31.6. The number of rotatable bonds is 7. The smallest absolute Gasteiger partial charge is 0.240 e. The van der Waals surface area contributed by atoms with E-state index in [0.29, 0.717) is 41.1 Å². The molecule has 134 valence electrons. The van der Waals surface area contributed by atoms with E-state index in [0.717, 1.165) is 19.5 Å². The first kappa shape index (κ1) is 17.8. The third-order valence-corrected chi connectivity index (χ3v) is 4.84. The number of nitrogens with zero attached hydrogens (tertiary/aromatic N) is 2. The van der Waals surface area contributed by atoms with Crippen LogP contribution in [0.4, 0.5) is 5.13 Å². The number of thiazole rings is 1. The van der Waals surface area contributed by atoms with E-state index < -0.39 is 0 Å². The molecule has 0 saturated carbocycles. The maximum atomic E-state index is 12.4. The Morgan fingerprint density at radius 3 is 2.84 bits per heavy atom. The fourth-order valence-corrected chi connectivity index (χ4v) is 3.56. The van der Waals surface area contributed by atoms with Crippen molar-refractivity contribution >= 4 is 28.2 Å². The first-order chi connectivity index (χ1) is 12.2. The average Bonchev–Trinajstić information content (AvgIpc) is 3.25. The van der Waals surface area contributed by atoms with Gasteiger partial charge in [-0.15, -0.1) is 0 Å². The number of anilines is 1. The summed E-state index contributed by atoms with van der Waals surface area (Å²) in [6.45, 7) is 5.01. The third kappa shape index (κ3) is 4.53. The maximum absolute atomic E-state index is 12.4. The summed E-state index contributed by atoms with van der Waals surface area (Å²) in [6.07, 6.45) is 2.74. The van der Waals surface area contributed by atoms with Crippen LogP contribution in [0.3, 0.4) is 0 Å². The van der Waals surface area contributed by atoms with Crippen molar-refractivity contribution in [3.05, 3.63) is 23.3 Å². The normalized spacial score (nSPS) is 15.2. The number of amides is 1. The molecule has 0 aromatic carbocycles. The molecule has 1 N–H and O–H groups in total. The molecule has 0 atom stereocenters. The lowest BCUT2D eigenvalue weighted by molar-refractivity contribution is -0.118. The van der Waals surface area contributed by atoms with Crippen LogP contribution in [0, 0.1) is 0 Å². The minimum absolute atomic E-state index is 0.0140. The van der Waals surface area contributed by atoms with Crippen LogP contribution in [0.2, 0.25) is 0 Å². The molecule has 8 heteroatoms. The molecule has 0 aliphatic carbocycles. The van der Waals surface area contributed by atoms with E-state index in [9.17, 15) is 9.59 Å².